The van der Waals surface area contributed by atoms with E-state index in [1.807, 2.05) is 12.1 Å². The van der Waals surface area contributed by atoms with E-state index in [1.54, 1.807) is 23.1 Å². The summed E-state index contributed by atoms with van der Waals surface area (Å²) in [5, 5.41) is 15.0. The van der Waals surface area contributed by atoms with Gasteiger partial charge in [0.15, 0.2) is 6.54 Å². The maximum absolute atomic E-state index is 8.24. The summed E-state index contributed by atoms with van der Waals surface area (Å²) in [5.41, 5.74) is 2.39. The number of nitrogens with zero attached hydrogens (tertiary/aromatic N) is 2. The minimum Gasteiger partial charge on any atom is -0.335 e. The van der Waals surface area contributed by atoms with Crippen LogP contribution in [0.25, 0.3) is 16.3 Å². The number of thiol groups is 1. The van der Waals surface area contributed by atoms with E-state index in [9.17, 15) is 0 Å². The van der Waals surface area contributed by atoms with E-state index in [2.05, 4.69) is 67.9 Å². The van der Waals surface area contributed by atoms with Gasteiger partial charge in [-0.3, -0.25) is 0 Å². The van der Waals surface area contributed by atoms with Gasteiger partial charge in [0.05, 0.1) is 16.8 Å². The first-order valence-electron chi connectivity index (χ1n) is 9.80. The van der Waals surface area contributed by atoms with Crippen LogP contribution in [0.1, 0.15) is 17.8 Å². The highest BCUT2D eigenvalue weighted by atomic mass is 35.5. The number of aryl methyl sites for hydroxylation is 1. The molecule has 0 aliphatic carbocycles. The SMILES string of the molecule is OOOSCCCCN1C(=Cc2sc3ccccc3[n+]2CCS)Sc2ccc(Cl)cc21. The Kier molecular flexibility index (Phi) is 8.47. The van der Waals surface area contributed by atoms with Crippen molar-refractivity contribution in [2.24, 2.45) is 0 Å². The van der Waals surface area contributed by atoms with Gasteiger partial charge in [-0.15, -0.1) is 4.33 Å². The number of para-hydroxylation sites is 1. The number of hydrogen-bond acceptors (Lipinski definition) is 8. The molecule has 1 aliphatic heterocycles. The molecule has 164 valence electrons. The molecule has 0 saturated carbocycles. The van der Waals surface area contributed by atoms with Gasteiger partial charge in [0.1, 0.15) is 4.70 Å². The molecular formula is C21H22ClN2O3S4+. The zero-order valence-electron chi connectivity index (χ0n) is 16.6. The third-order valence-electron chi connectivity index (χ3n) is 4.84. The van der Waals surface area contributed by atoms with Gasteiger partial charge >= 0.3 is 0 Å². The first kappa shape index (κ1) is 23.3. The molecule has 0 spiro atoms. The molecule has 0 radical (unpaired) electrons. The topological polar surface area (TPSA) is 45.8 Å². The smallest absolute Gasteiger partial charge is 0.265 e. The molecular weight excluding hydrogens is 492 g/mol. The number of rotatable bonds is 10. The van der Waals surface area contributed by atoms with E-state index < -0.39 is 0 Å². The molecule has 0 bridgehead atoms. The molecule has 0 atom stereocenters. The summed E-state index contributed by atoms with van der Waals surface area (Å²) >= 11 is 15.5. The minimum absolute atomic E-state index is 0.737. The zero-order chi connectivity index (χ0) is 21.6. The fraction of sp³-hybridized carbons (Fsp3) is 0.286. The molecule has 1 aromatic heterocycles. The van der Waals surface area contributed by atoms with Crippen molar-refractivity contribution in [2.75, 3.05) is 23.0 Å². The lowest BCUT2D eigenvalue weighted by Gasteiger charge is -2.20. The lowest BCUT2D eigenvalue weighted by atomic mass is 10.2. The van der Waals surface area contributed by atoms with E-state index in [0.29, 0.717) is 0 Å². The molecule has 10 heteroatoms. The number of benzene rings is 2. The Labute approximate surface area is 204 Å². The van der Waals surface area contributed by atoms with Gasteiger partial charge in [0.2, 0.25) is 5.52 Å². The molecule has 1 aliphatic rings. The van der Waals surface area contributed by atoms with Crippen LogP contribution in [0.5, 0.6) is 0 Å². The van der Waals surface area contributed by atoms with Crippen molar-refractivity contribution in [3.63, 3.8) is 0 Å². The summed E-state index contributed by atoms with van der Waals surface area (Å²) in [4.78, 5) is 3.55. The predicted molar refractivity (Wildman–Crippen MR) is 135 cm³/mol. The van der Waals surface area contributed by atoms with Gasteiger partial charge in [-0.25, -0.2) is 5.26 Å². The highest BCUT2D eigenvalue weighted by Crippen LogP contribution is 2.48. The monoisotopic (exact) mass is 513 g/mol. The van der Waals surface area contributed by atoms with E-state index in [-0.39, 0.29) is 0 Å². The Balaban J connectivity index is 1.62. The Morgan fingerprint density at radius 1 is 1.23 bits per heavy atom. The van der Waals surface area contributed by atoms with Gasteiger partial charge in [0, 0.05) is 46.1 Å². The fourth-order valence-electron chi connectivity index (χ4n) is 3.50. The summed E-state index contributed by atoms with van der Waals surface area (Å²) in [6.45, 7) is 1.73. The van der Waals surface area contributed by atoms with Crippen LogP contribution in [-0.2, 0) is 15.9 Å². The van der Waals surface area contributed by atoms with Gasteiger partial charge in [0.25, 0.3) is 5.01 Å². The number of unbranched alkanes of at least 4 members (excludes halogenated alkanes) is 1. The largest absolute Gasteiger partial charge is 0.335 e. The van der Waals surface area contributed by atoms with Crippen molar-refractivity contribution in [2.45, 2.75) is 24.3 Å². The van der Waals surface area contributed by atoms with Crippen LogP contribution < -0.4 is 9.47 Å². The van der Waals surface area contributed by atoms with Crippen LogP contribution in [0.3, 0.4) is 0 Å². The lowest BCUT2D eigenvalue weighted by Crippen LogP contribution is -2.36. The summed E-state index contributed by atoms with van der Waals surface area (Å²) in [6, 6.07) is 14.6. The summed E-state index contributed by atoms with van der Waals surface area (Å²) < 4.78 is 8.08. The van der Waals surface area contributed by atoms with Crippen molar-refractivity contribution in [1.29, 1.82) is 0 Å². The average Bonchev–Trinajstić information content (AvgIpc) is 3.29. The Morgan fingerprint density at radius 3 is 2.94 bits per heavy atom. The van der Waals surface area contributed by atoms with E-state index in [0.717, 1.165) is 60.2 Å². The van der Waals surface area contributed by atoms with Crippen LogP contribution in [0.15, 0.2) is 52.4 Å². The van der Waals surface area contributed by atoms with E-state index >= 15 is 0 Å². The molecule has 5 nitrogen and oxygen atoms in total. The number of thiazole rings is 1. The molecule has 3 aromatic rings. The third kappa shape index (κ3) is 5.54. The average molecular weight is 514 g/mol. The molecule has 31 heavy (non-hydrogen) atoms. The quantitative estimate of drug-likeness (QED) is 0.0802. The number of aromatic nitrogens is 1. The number of hydrogen-bond donors (Lipinski definition) is 2. The van der Waals surface area contributed by atoms with Crippen molar-refractivity contribution in [1.82, 2.24) is 0 Å². The first-order valence-corrected chi connectivity index (χ1v) is 13.4. The molecule has 0 unspecified atom stereocenters. The Bertz CT molecular complexity index is 1080. The maximum Gasteiger partial charge on any atom is 0.265 e. The van der Waals surface area contributed by atoms with Gasteiger partial charge in [-0.1, -0.05) is 51.9 Å². The molecule has 2 aromatic carbocycles. The highest BCUT2D eigenvalue weighted by Gasteiger charge is 2.27. The number of anilines is 1. The van der Waals surface area contributed by atoms with Crippen molar-refractivity contribution in [3.05, 3.63) is 57.5 Å². The Morgan fingerprint density at radius 2 is 2.10 bits per heavy atom. The molecule has 0 saturated heterocycles. The molecule has 2 heterocycles. The normalized spacial score (nSPS) is 14.7. The van der Waals surface area contributed by atoms with Crippen molar-refractivity contribution in [3.8, 4) is 0 Å². The van der Waals surface area contributed by atoms with Crippen LogP contribution in [0.4, 0.5) is 5.69 Å². The first-order chi connectivity index (χ1) is 15.2. The van der Waals surface area contributed by atoms with Crippen molar-refractivity contribution < 1.29 is 19.2 Å². The summed E-state index contributed by atoms with van der Waals surface area (Å²) in [6.07, 6.45) is 4.18. The number of fused-ring (bicyclic) bond motifs is 2. The van der Waals surface area contributed by atoms with Crippen LogP contribution in [-0.4, -0.2) is 23.3 Å². The predicted octanol–water partition coefficient (Wildman–Crippen LogP) is 6.53. The third-order valence-corrected chi connectivity index (χ3v) is 8.11. The maximum atomic E-state index is 8.24. The minimum atomic E-state index is 0.737. The van der Waals surface area contributed by atoms with Gasteiger partial charge in [-0.2, -0.15) is 17.2 Å². The van der Waals surface area contributed by atoms with E-state index in [4.69, 9.17) is 16.9 Å². The highest BCUT2D eigenvalue weighted by molar-refractivity contribution is 8.04. The Hall–Kier alpha value is -0.910. The molecule has 1 N–H and O–H groups in total. The summed E-state index contributed by atoms with van der Waals surface area (Å²) in [5.74, 6) is 1.52. The summed E-state index contributed by atoms with van der Waals surface area (Å²) in [7, 11) is 0. The second-order valence-electron chi connectivity index (χ2n) is 6.80. The van der Waals surface area contributed by atoms with Crippen LogP contribution >= 0.6 is 59.4 Å². The van der Waals surface area contributed by atoms with E-state index in [1.165, 1.54) is 25.1 Å². The second kappa shape index (κ2) is 11.3. The number of thioether (sulfide) groups is 1. The van der Waals surface area contributed by atoms with Crippen LogP contribution in [0, 0.1) is 0 Å². The molecule has 4 rings (SSSR count). The van der Waals surface area contributed by atoms with Gasteiger partial charge < -0.3 is 4.90 Å². The molecule has 0 fully saturated rings. The van der Waals surface area contributed by atoms with Crippen molar-refractivity contribution >= 4 is 81.4 Å². The lowest BCUT2D eigenvalue weighted by molar-refractivity contribution is -0.663. The van der Waals surface area contributed by atoms with Gasteiger partial charge in [-0.05, 0) is 37.1 Å². The second-order valence-corrected chi connectivity index (χ2v) is 10.6. The molecule has 0 amide bonds. The van der Waals surface area contributed by atoms with Crippen LogP contribution in [0.2, 0.25) is 5.02 Å². The zero-order valence-corrected chi connectivity index (χ0v) is 20.7. The number of halogens is 1. The fourth-order valence-corrected chi connectivity index (χ4v) is 6.60. The standard InChI is InChI=1S/C21H21ClN2O3S4/c22-15-7-8-19-17(13-15)23(9-3-4-12-29-27-26-25)20(31-19)14-21-24(10-11-28)16-5-1-2-6-18(16)30-21/h1-2,5-8,13-14H,3-4,9-12H2,(H-,25,28)/p+1.